The van der Waals surface area contributed by atoms with Crippen molar-refractivity contribution >= 4 is 5.97 Å². The van der Waals surface area contributed by atoms with Gasteiger partial charge in [0.1, 0.15) is 0 Å². The molecule has 162 valence electrons. The Balaban J connectivity index is 5.33. The Morgan fingerprint density at radius 2 is 1.22 bits per heavy atom. The van der Waals surface area contributed by atoms with Crippen LogP contribution in [0.4, 0.5) is 0 Å². The van der Waals surface area contributed by atoms with Gasteiger partial charge in [0.25, 0.3) is 5.97 Å². The van der Waals surface area contributed by atoms with Crippen LogP contribution in [-0.4, -0.2) is 35.4 Å². The van der Waals surface area contributed by atoms with E-state index in [1.807, 2.05) is 41.5 Å². The first-order valence-corrected chi connectivity index (χ1v) is 10.9. The minimum absolute atomic E-state index is 0.0839. The Hall–Kier alpha value is -0.650. The molecule has 0 radical (unpaired) electrons. The molecule has 0 fully saturated rings. The van der Waals surface area contributed by atoms with Crippen LogP contribution >= 0.6 is 0 Å². The van der Waals surface area contributed by atoms with Crippen molar-refractivity contribution < 1.29 is 24.1 Å². The van der Waals surface area contributed by atoms with Gasteiger partial charge < -0.3 is 19.3 Å². The van der Waals surface area contributed by atoms with Gasteiger partial charge in [-0.1, -0.05) is 45.4 Å². The predicted octanol–water partition coefficient (Wildman–Crippen LogP) is 6.15. The second-order valence-electron chi connectivity index (χ2n) is 8.29. The molecule has 0 saturated carbocycles. The third-order valence-electron chi connectivity index (χ3n) is 4.31. The van der Waals surface area contributed by atoms with Crippen molar-refractivity contribution in [2.75, 3.05) is 0 Å². The minimum atomic E-state index is -1.20. The van der Waals surface area contributed by atoms with E-state index in [0.717, 1.165) is 19.3 Å². The zero-order valence-electron chi connectivity index (χ0n) is 18.8. The highest BCUT2D eigenvalue weighted by Crippen LogP contribution is 2.37. The number of unbranched alkanes of at least 4 members (excludes halogenated alkanes) is 5. The molecule has 0 aliphatic heterocycles. The maximum Gasteiger partial charge on any atom is 0.303 e. The van der Waals surface area contributed by atoms with Crippen LogP contribution in [0.2, 0.25) is 0 Å². The molecule has 5 nitrogen and oxygen atoms in total. The van der Waals surface area contributed by atoms with Crippen molar-refractivity contribution in [1.29, 1.82) is 0 Å². The number of carbonyl (C=O) groups is 1. The van der Waals surface area contributed by atoms with Crippen LogP contribution in [0.25, 0.3) is 0 Å². The predicted molar refractivity (Wildman–Crippen MR) is 110 cm³/mol. The monoisotopic (exact) mass is 388 g/mol. The Morgan fingerprint density at radius 3 is 1.63 bits per heavy atom. The summed E-state index contributed by atoms with van der Waals surface area (Å²) in [6.45, 7) is 14.0. The number of hydrogen-bond donors (Lipinski definition) is 1. The van der Waals surface area contributed by atoms with E-state index in [1.165, 1.54) is 25.7 Å². The summed E-state index contributed by atoms with van der Waals surface area (Å²) in [4.78, 5) is 11.2. The molecule has 0 aromatic carbocycles. The van der Waals surface area contributed by atoms with Crippen LogP contribution in [0.3, 0.4) is 0 Å². The van der Waals surface area contributed by atoms with Gasteiger partial charge in [-0.15, -0.1) is 0 Å². The van der Waals surface area contributed by atoms with Gasteiger partial charge in [0.2, 0.25) is 0 Å². The molecule has 0 heterocycles. The molecule has 1 atom stereocenters. The lowest BCUT2D eigenvalue weighted by atomic mass is 9.92. The second-order valence-corrected chi connectivity index (χ2v) is 8.29. The Morgan fingerprint density at radius 1 is 0.778 bits per heavy atom. The van der Waals surface area contributed by atoms with Gasteiger partial charge >= 0.3 is 5.97 Å². The third kappa shape index (κ3) is 12.4. The molecule has 0 aliphatic carbocycles. The molecule has 0 amide bonds. The highest BCUT2D eigenvalue weighted by atomic mass is 16.9. The van der Waals surface area contributed by atoms with E-state index in [0.29, 0.717) is 6.42 Å². The summed E-state index contributed by atoms with van der Waals surface area (Å²) in [5.41, 5.74) is 0. The maximum atomic E-state index is 11.2. The summed E-state index contributed by atoms with van der Waals surface area (Å²) in [5.74, 6) is -2.11. The standard InChI is InChI=1S/C22H44O5/c1-8-9-10-11-12-13-14-20(15-16-21(23)24)22(25-17(2)3,26-18(4)5)27-19(6)7/h17-20H,8-16H2,1-7H3,(H,23,24). The van der Waals surface area contributed by atoms with E-state index in [4.69, 9.17) is 14.2 Å². The fourth-order valence-corrected chi connectivity index (χ4v) is 3.32. The average molecular weight is 389 g/mol. The first-order chi connectivity index (χ1) is 12.6. The van der Waals surface area contributed by atoms with E-state index < -0.39 is 11.9 Å². The van der Waals surface area contributed by atoms with E-state index in [1.54, 1.807) is 0 Å². The molecule has 27 heavy (non-hydrogen) atoms. The Kier molecular flexibility index (Phi) is 14.0. The Labute approximate surface area is 167 Å². The normalized spacial score (nSPS) is 13.7. The molecule has 0 aromatic heterocycles. The van der Waals surface area contributed by atoms with Crippen LogP contribution in [0.1, 0.15) is 106 Å². The van der Waals surface area contributed by atoms with Crippen molar-refractivity contribution in [2.45, 2.75) is 131 Å². The highest BCUT2D eigenvalue weighted by Gasteiger charge is 2.45. The average Bonchev–Trinajstić information content (AvgIpc) is 2.50. The van der Waals surface area contributed by atoms with Gasteiger partial charge in [-0.25, -0.2) is 0 Å². The number of aliphatic carboxylic acids is 1. The summed E-state index contributed by atoms with van der Waals surface area (Å²) in [5, 5.41) is 9.22. The summed E-state index contributed by atoms with van der Waals surface area (Å²) in [7, 11) is 0. The summed E-state index contributed by atoms with van der Waals surface area (Å²) in [6, 6.07) is 0. The van der Waals surface area contributed by atoms with Crippen LogP contribution in [0.15, 0.2) is 0 Å². The Bertz CT molecular complexity index is 352. The van der Waals surface area contributed by atoms with Gasteiger partial charge in [-0.3, -0.25) is 4.79 Å². The van der Waals surface area contributed by atoms with Gasteiger partial charge in [0, 0.05) is 12.3 Å². The summed E-state index contributed by atoms with van der Waals surface area (Å²) >= 11 is 0. The zero-order valence-corrected chi connectivity index (χ0v) is 18.8. The smallest absolute Gasteiger partial charge is 0.303 e. The van der Waals surface area contributed by atoms with Crippen LogP contribution in [0.5, 0.6) is 0 Å². The van der Waals surface area contributed by atoms with Crippen LogP contribution in [0, 0.1) is 5.92 Å². The lowest BCUT2D eigenvalue weighted by Crippen LogP contribution is -2.51. The van der Waals surface area contributed by atoms with Gasteiger partial charge in [0.05, 0.1) is 18.3 Å². The van der Waals surface area contributed by atoms with Gasteiger partial charge in [-0.2, -0.15) is 0 Å². The number of ether oxygens (including phenoxy) is 3. The van der Waals surface area contributed by atoms with Crippen molar-refractivity contribution in [2.24, 2.45) is 5.92 Å². The van der Waals surface area contributed by atoms with E-state index in [2.05, 4.69) is 6.92 Å². The fourth-order valence-electron chi connectivity index (χ4n) is 3.32. The number of carboxylic acid groups (broad SMARTS) is 1. The molecule has 0 spiro atoms. The zero-order chi connectivity index (χ0) is 20.9. The number of hydrogen-bond acceptors (Lipinski definition) is 4. The quantitative estimate of drug-likeness (QED) is 0.239. The molecule has 0 saturated heterocycles. The molecule has 1 N–H and O–H groups in total. The van der Waals surface area contributed by atoms with Crippen molar-refractivity contribution in [1.82, 2.24) is 0 Å². The molecule has 0 aromatic rings. The van der Waals surface area contributed by atoms with Crippen molar-refractivity contribution in [3.05, 3.63) is 0 Å². The fraction of sp³-hybridized carbons (Fsp3) is 0.955. The molecule has 1 unspecified atom stereocenters. The molecule has 5 heteroatoms. The second kappa shape index (κ2) is 14.4. The van der Waals surface area contributed by atoms with Crippen molar-refractivity contribution in [3.8, 4) is 0 Å². The van der Waals surface area contributed by atoms with E-state index >= 15 is 0 Å². The van der Waals surface area contributed by atoms with E-state index in [9.17, 15) is 9.90 Å². The van der Waals surface area contributed by atoms with Crippen molar-refractivity contribution in [3.63, 3.8) is 0 Å². The third-order valence-corrected chi connectivity index (χ3v) is 4.31. The SMILES string of the molecule is CCCCCCCCC(CCC(=O)O)C(OC(C)C)(OC(C)C)OC(C)C. The molecular weight excluding hydrogens is 344 g/mol. The lowest BCUT2D eigenvalue weighted by Gasteiger charge is -2.43. The molecule has 0 bridgehead atoms. The van der Waals surface area contributed by atoms with Gasteiger partial charge in [-0.05, 0) is 54.4 Å². The van der Waals surface area contributed by atoms with E-state index in [-0.39, 0.29) is 30.7 Å². The molecule has 0 rings (SSSR count). The van der Waals surface area contributed by atoms with Crippen LogP contribution < -0.4 is 0 Å². The maximum absolute atomic E-state index is 11.2. The molecular formula is C22H44O5. The number of rotatable bonds is 17. The van der Waals surface area contributed by atoms with Crippen LogP contribution in [-0.2, 0) is 19.0 Å². The largest absolute Gasteiger partial charge is 0.481 e. The highest BCUT2D eigenvalue weighted by molar-refractivity contribution is 5.66. The first kappa shape index (κ1) is 26.4. The summed E-state index contributed by atoms with van der Waals surface area (Å²) in [6.07, 6.45) is 8.31. The van der Waals surface area contributed by atoms with Gasteiger partial charge in [0.15, 0.2) is 0 Å². The number of carboxylic acids is 1. The lowest BCUT2D eigenvalue weighted by molar-refractivity contribution is -0.433. The molecule has 0 aliphatic rings. The minimum Gasteiger partial charge on any atom is -0.481 e. The topological polar surface area (TPSA) is 65.0 Å². The summed E-state index contributed by atoms with van der Waals surface area (Å²) < 4.78 is 18.6. The first-order valence-electron chi connectivity index (χ1n) is 10.9.